The maximum Gasteiger partial charge on any atom is 0.224 e. The lowest BCUT2D eigenvalue weighted by Gasteiger charge is -2.11. The smallest absolute Gasteiger partial charge is 0.224 e. The van der Waals surface area contributed by atoms with Crippen LogP contribution in [0.5, 0.6) is 0 Å². The number of hydrogen-bond acceptors (Lipinski definition) is 6. The van der Waals surface area contributed by atoms with Crippen molar-refractivity contribution in [3.05, 3.63) is 19.0 Å². The van der Waals surface area contributed by atoms with Gasteiger partial charge in [0.15, 0.2) is 5.16 Å². The minimum atomic E-state index is -0.142. The number of carbonyl (C=O) groups is 1. The highest BCUT2D eigenvalue weighted by Crippen LogP contribution is 2.11. The SMILES string of the molecule is C[C@H](Cn1cncn1)C(=O)NCCSc1nncn1C. The average molecular weight is 295 g/mol. The quantitative estimate of drug-likeness (QED) is 0.569. The van der Waals surface area contributed by atoms with Gasteiger partial charge in [0.1, 0.15) is 19.0 Å². The van der Waals surface area contributed by atoms with E-state index in [1.807, 2.05) is 18.5 Å². The number of hydrogen-bond donors (Lipinski definition) is 1. The summed E-state index contributed by atoms with van der Waals surface area (Å²) in [6, 6.07) is 0. The van der Waals surface area contributed by atoms with Crippen LogP contribution in [-0.4, -0.2) is 47.7 Å². The molecular formula is C11H17N7OS. The Morgan fingerprint density at radius 1 is 1.50 bits per heavy atom. The summed E-state index contributed by atoms with van der Waals surface area (Å²) in [5.74, 6) is 0.629. The zero-order valence-corrected chi connectivity index (χ0v) is 12.2. The van der Waals surface area contributed by atoms with Crippen LogP contribution in [0.4, 0.5) is 0 Å². The van der Waals surface area contributed by atoms with Crippen LogP contribution in [-0.2, 0) is 18.4 Å². The van der Waals surface area contributed by atoms with E-state index in [2.05, 4.69) is 25.6 Å². The van der Waals surface area contributed by atoms with Gasteiger partial charge in [0, 0.05) is 19.3 Å². The maximum absolute atomic E-state index is 11.9. The standard InChI is InChI=1S/C11H17N7OS/c1-9(5-18-7-12-6-15-18)10(19)13-3-4-20-11-16-14-8-17(11)2/h6-9H,3-5H2,1-2H3,(H,13,19)/t9-/m1/s1. The first-order chi connectivity index (χ1) is 9.66. The summed E-state index contributed by atoms with van der Waals surface area (Å²) in [6.45, 7) is 2.99. The van der Waals surface area contributed by atoms with E-state index in [0.717, 1.165) is 10.9 Å². The van der Waals surface area contributed by atoms with Gasteiger partial charge in [-0.25, -0.2) is 4.98 Å². The predicted octanol–water partition coefficient (Wildman–Crippen LogP) is -0.0488. The molecule has 1 amide bonds. The number of nitrogens with one attached hydrogen (secondary N) is 1. The molecule has 0 aliphatic carbocycles. The fourth-order valence-corrected chi connectivity index (χ4v) is 2.33. The summed E-state index contributed by atoms with van der Waals surface area (Å²) in [5.41, 5.74) is 0. The molecule has 9 heteroatoms. The number of thioether (sulfide) groups is 1. The Balaban J connectivity index is 1.66. The van der Waals surface area contributed by atoms with Crippen LogP contribution < -0.4 is 5.32 Å². The van der Waals surface area contributed by atoms with Crippen molar-refractivity contribution >= 4 is 17.7 Å². The second-order valence-corrected chi connectivity index (χ2v) is 5.44. The molecule has 0 bridgehead atoms. The molecule has 0 aliphatic rings. The zero-order valence-electron chi connectivity index (χ0n) is 11.4. The Hall–Kier alpha value is -1.90. The molecule has 0 aliphatic heterocycles. The molecule has 0 aromatic carbocycles. The number of carbonyl (C=O) groups excluding carboxylic acids is 1. The largest absolute Gasteiger partial charge is 0.355 e. The summed E-state index contributed by atoms with van der Waals surface area (Å²) in [4.78, 5) is 15.7. The van der Waals surface area contributed by atoms with Crippen molar-refractivity contribution in [3.63, 3.8) is 0 Å². The summed E-state index contributed by atoms with van der Waals surface area (Å²) in [5, 5.41) is 15.5. The first-order valence-corrected chi connectivity index (χ1v) is 7.22. The van der Waals surface area contributed by atoms with E-state index in [9.17, 15) is 4.79 Å². The molecule has 1 atom stereocenters. The minimum absolute atomic E-state index is 0.0130. The molecular weight excluding hydrogens is 278 g/mol. The zero-order chi connectivity index (χ0) is 14.4. The monoisotopic (exact) mass is 295 g/mol. The highest BCUT2D eigenvalue weighted by atomic mass is 32.2. The summed E-state index contributed by atoms with van der Waals surface area (Å²) in [6.07, 6.45) is 4.72. The molecule has 108 valence electrons. The second kappa shape index (κ2) is 7.04. The lowest BCUT2D eigenvalue weighted by molar-refractivity contribution is -0.124. The van der Waals surface area contributed by atoms with E-state index in [1.54, 1.807) is 29.1 Å². The van der Waals surface area contributed by atoms with Gasteiger partial charge in [-0.2, -0.15) is 5.10 Å². The van der Waals surface area contributed by atoms with Gasteiger partial charge < -0.3 is 9.88 Å². The Bertz CT molecular complexity index is 539. The Morgan fingerprint density at radius 2 is 2.35 bits per heavy atom. The summed E-state index contributed by atoms with van der Waals surface area (Å²) >= 11 is 1.56. The number of amides is 1. The van der Waals surface area contributed by atoms with Gasteiger partial charge >= 0.3 is 0 Å². The Morgan fingerprint density at radius 3 is 3.00 bits per heavy atom. The van der Waals surface area contributed by atoms with Crippen LogP contribution in [0.25, 0.3) is 0 Å². The molecule has 2 heterocycles. The second-order valence-electron chi connectivity index (χ2n) is 4.38. The molecule has 0 spiro atoms. The normalized spacial score (nSPS) is 12.3. The van der Waals surface area contributed by atoms with Crippen LogP contribution in [0.3, 0.4) is 0 Å². The van der Waals surface area contributed by atoms with E-state index in [4.69, 9.17) is 0 Å². The Kier molecular flexibility index (Phi) is 5.10. The van der Waals surface area contributed by atoms with E-state index >= 15 is 0 Å². The molecule has 8 nitrogen and oxygen atoms in total. The fraction of sp³-hybridized carbons (Fsp3) is 0.545. The first kappa shape index (κ1) is 14.5. The number of nitrogens with zero attached hydrogens (tertiary/aromatic N) is 6. The first-order valence-electron chi connectivity index (χ1n) is 6.23. The third-order valence-electron chi connectivity index (χ3n) is 2.68. The van der Waals surface area contributed by atoms with Crippen molar-refractivity contribution in [2.75, 3.05) is 12.3 Å². The van der Waals surface area contributed by atoms with E-state index in [0.29, 0.717) is 13.1 Å². The van der Waals surface area contributed by atoms with Gasteiger partial charge in [0.25, 0.3) is 0 Å². The van der Waals surface area contributed by atoms with E-state index in [-0.39, 0.29) is 11.8 Å². The fourth-order valence-electron chi connectivity index (χ4n) is 1.58. The molecule has 0 radical (unpaired) electrons. The average Bonchev–Trinajstić information content (AvgIpc) is 3.06. The molecule has 1 N–H and O–H groups in total. The van der Waals surface area contributed by atoms with Crippen molar-refractivity contribution in [2.24, 2.45) is 13.0 Å². The van der Waals surface area contributed by atoms with Crippen LogP contribution in [0, 0.1) is 5.92 Å². The molecule has 2 rings (SSSR count). The van der Waals surface area contributed by atoms with Crippen molar-refractivity contribution < 1.29 is 4.79 Å². The Labute approximate surface area is 121 Å². The van der Waals surface area contributed by atoms with Crippen molar-refractivity contribution in [2.45, 2.75) is 18.6 Å². The van der Waals surface area contributed by atoms with Gasteiger partial charge in [0.05, 0.1) is 12.5 Å². The third-order valence-corrected chi connectivity index (χ3v) is 3.71. The number of aromatic nitrogens is 6. The molecule has 0 saturated carbocycles. The van der Waals surface area contributed by atoms with Gasteiger partial charge in [-0.1, -0.05) is 18.7 Å². The van der Waals surface area contributed by atoms with E-state index in [1.165, 1.54) is 6.33 Å². The van der Waals surface area contributed by atoms with E-state index < -0.39 is 0 Å². The highest BCUT2D eigenvalue weighted by Gasteiger charge is 2.13. The van der Waals surface area contributed by atoms with Crippen LogP contribution in [0.15, 0.2) is 24.1 Å². The summed E-state index contributed by atoms with van der Waals surface area (Å²) < 4.78 is 3.50. The molecule has 2 aromatic heterocycles. The minimum Gasteiger partial charge on any atom is -0.355 e. The number of aryl methyl sites for hydroxylation is 1. The van der Waals surface area contributed by atoms with Crippen molar-refractivity contribution in [1.29, 1.82) is 0 Å². The highest BCUT2D eigenvalue weighted by molar-refractivity contribution is 7.99. The van der Waals surface area contributed by atoms with Gasteiger partial charge in [-0.05, 0) is 0 Å². The molecule has 2 aromatic rings. The lowest BCUT2D eigenvalue weighted by Crippen LogP contribution is -2.33. The maximum atomic E-state index is 11.9. The van der Waals surface area contributed by atoms with Crippen LogP contribution in [0.2, 0.25) is 0 Å². The van der Waals surface area contributed by atoms with Gasteiger partial charge in [-0.3, -0.25) is 9.48 Å². The predicted molar refractivity (Wildman–Crippen MR) is 73.9 cm³/mol. The molecule has 0 unspecified atom stereocenters. The summed E-state index contributed by atoms with van der Waals surface area (Å²) in [7, 11) is 1.89. The molecule has 20 heavy (non-hydrogen) atoms. The van der Waals surface area contributed by atoms with Crippen molar-refractivity contribution in [3.8, 4) is 0 Å². The van der Waals surface area contributed by atoms with Crippen molar-refractivity contribution in [1.82, 2.24) is 34.8 Å². The lowest BCUT2D eigenvalue weighted by atomic mass is 10.1. The van der Waals surface area contributed by atoms with Gasteiger partial charge in [0.2, 0.25) is 5.91 Å². The van der Waals surface area contributed by atoms with Crippen LogP contribution >= 0.6 is 11.8 Å². The number of rotatable bonds is 7. The molecule has 0 fully saturated rings. The third kappa shape index (κ3) is 4.05. The van der Waals surface area contributed by atoms with Crippen LogP contribution in [0.1, 0.15) is 6.92 Å². The van der Waals surface area contributed by atoms with Gasteiger partial charge in [-0.15, -0.1) is 10.2 Å². The molecule has 0 saturated heterocycles. The topological polar surface area (TPSA) is 90.5 Å².